The van der Waals surface area contributed by atoms with Crippen LogP contribution in [0.5, 0.6) is 0 Å². The molecule has 4 rings (SSSR count). The Morgan fingerprint density at radius 1 is 1.06 bits per heavy atom. The highest BCUT2D eigenvalue weighted by Gasteiger charge is 2.29. The molecule has 2 aromatic carbocycles. The number of benzene rings is 2. The van der Waals surface area contributed by atoms with Crippen LogP contribution in [0.1, 0.15) is 33.6 Å². The number of aromatic nitrogens is 2. The molecule has 0 radical (unpaired) electrons. The predicted molar refractivity (Wildman–Crippen MR) is 120 cm³/mol. The summed E-state index contributed by atoms with van der Waals surface area (Å²) < 4.78 is 14.9. The van der Waals surface area contributed by atoms with Crippen molar-refractivity contribution < 1.29 is 14.0 Å². The second kappa shape index (κ2) is 9.21. The van der Waals surface area contributed by atoms with Gasteiger partial charge in [0.05, 0.1) is 17.4 Å². The van der Waals surface area contributed by atoms with Crippen LogP contribution in [0.2, 0.25) is 0 Å². The SMILES string of the molecule is CN(C(=O)c1ccc(F)cc1)C1CCN(C(=O)c2ccccc2Nc2ccnn2C)CC1. The molecule has 3 aromatic rings. The second-order valence-electron chi connectivity index (χ2n) is 7.96. The van der Waals surface area contributed by atoms with E-state index in [1.807, 2.05) is 42.3 Å². The third-order valence-corrected chi connectivity index (χ3v) is 5.95. The molecule has 1 aliphatic rings. The first-order valence-corrected chi connectivity index (χ1v) is 10.6. The molecule has 1 N–H and O–H groups in total. The maximum Gasteiger partial charge on any atom is 0.255 e. The van der Waals surface area contributed by atoms with E-state index < -0.39 is 0 Å². The summed E-state index contributed by atoms with van der Waals surface area (Å²) in [4.78, 5) is 29.5. The summed E-state index contributed by atoms with van der Waals surface area (Å²) in [5.41, 5.74) is 1.79. The van der Waals surface area contributed by atoms with Gasteiger partial charge in [-0.1, -0.05) is 12.1 Å². The second-order valence-corrected chi connectivity index (χ2v) is 7.96. The largest absolute Gasteiger partial charge is 0.340 e. The van der Waals surface area contributed by atoms with Gasteiger partial charge in [-0.15, -0.1) is 0 Å². The number of para-hydroxylation sites is 1. The van der Waals surface area contributed by atoms with Crippen molar-refractivity contribution >= 4 is 23.3 Å². The number of hydrogen-bond acceptors (Lipinski definition) is 4. The first-order chi connectivity index (χ1) is 15.4. The quantitative estimate of drug-likeness (QED) is 0.664. The third-order valence-electron chi connectivity index (χ3n) is 5.95. The Labute approximate surface area is 186 Å². The van der Waals surface area contributed by atoms with Crippen LogP contribution in [0.4, 0.5) is 15.9 Å². The maximum atomic E-state index is 13.2. The molecule has 1 saturated heterocycles. The molecule has 1 aliphatic heterocycles. The van der Waals surface area contributed by atoms with Crippen molar-refractivity contribution in [3.8, 4) is 0 Å². The van der Waals surface area contributed by atoms with Gasteiger partial charge in [-0.05, 0) is 49.2 Å². The molecule has 0 bridgehead atoms. The van der Waals surface area contributed by atoms with E-state index in [0.717, 1.165) is 11.5 Å². The Hall–Kier alpha value is -3.68. The van der Waals surface area contributed by atoms with Crippen molar-refractivity contribution in [2.45, 2.75) is 18.9 Å². The predicted octanol–water partition coefficient (Wildman–Crippen LogP) is 3.68. The number of piperidine rings is 1. The van der Waals surface area contributed by atoms with Crippen LogP contribution in [0.25, 0.3) is 0 Å². The van der Waals surface area contributed by atoms with Gasteiger partial charge in [0.15, 0.2) is 0 Å². The fourth-order valence-corrected chi connectivity index (χ4v) is 4.00. The lowest BCUT2D eigenvalue weighted by molar-refractivity contribution is 0.0570. The van der Waals surface area contributed by atoms with E-state index in [0.29, 0.717) is 37.1 Å². The molecule has 1 fully saturated rings. The summed E-state index contributed by atoms with van der Waals surface area (Å²) in [6.45, 7) is 1.12. The molecular weight excluding hydrogens is 409 g/mol. The number of carbonyl (C=O) groups excluding carboxylic acids is 2. The lowest BCUT2D eigenvalue weighted by Gasteiger charge is -2.37. The number of amides is 2. The minimum absolute atomic E-state index is 0.0272. The Balaban J connectivity index is 1.40. The number of likely N-dealkylation sites (tertiary alicyclic amines) is 1. The van der Waals surface area contributed by atoms with E-state index in [-0.39, 0.29) is 23.7 Å². The topological polar surface area (TPSA) is 70.5 Å². The van der Waals surface area contributed by atoms with E-state index in [4.69, 9.17) is 0 Å². The number of rotatable bonds is 5. The molecule has 166 valence electrons. The van der Waals surface area contributed by atoms with Gasteiger partial charge in [-0.3, -0.25) is 14.3 Å². The van der Waals surface area contributed by atoms with Crippen molar-refractivity contribution in [2.75, 3.05) is 25.5 Å². The van der Waals surface area contributed by atoms with Crippen molar-refractivity contribution in [3.05, 3.63) is 77.7 Å². The summed E-state index contributed by atoms with van der Waals surface area (Å²) in [5.74, 6) is 0.251. The number of aryl methyl sites for hydroxylation is 1. The zero-order chi connectivity index (χ0) is 22.7. The lowest BCUT2D eigenvalue weighted by atomic mass is 10.0. The molecule has 0 atom stereocenters. The molecule has 32 heavy (non-hydrogen) atoms. The van der Waals surface area contributed by atoms with E-state index in [9.17, 15) is 14.0 Å². The van der Waals surface area contributed by atoms with E-state index in [2.05, 4.69) is 10.4 Å². The average molecular weight is 436 g/mol. The standard InChI is InChI=1S/C24H26FN5O2/c1-28(23(31)17-7-9-18(25)10-8-17)19-12-15-30(16-13-19)24(32)20-5-3-4-6-21(20)27-22-11-14-26-29(22)2/h3-11,14,19,27H,12-13,15-16H2,1-2H3. The molecular formula is C24H26FN5O2. The number of anilines is 2. The zero-order valence-corrected chi connectivity index (χ0v) is 18.2. The molecule has 8 heteroatoms. The number of halogens is 1. The van der Waals surface area contributed by atoms with E-state index in [1.165, 1.54) is 24.3 Å². The van der Waals surface area contributed by atoms with E-state index in [1.54, 1.807) is 22.8 Å². The monoisotopic (exact) mass is 435 g/mol. The maximum absolute atomic E-state index is 13.2. The summed E-state index contributed by atoms with van der Waals surface area (Å²) in [5, 5.41) is 7.43. The molecule has 7 nitrogen and oxygen atoms in total. The van der Waals surface area contributed by atoms with Crippen molar-refractivity contribution in [1.82, 2.24) is 19.6 Å². The Morgan fingerprint density at radius 2 is 1.75 bits per heavy atom. The summed E-state index contributed by atoms with van der Waals surface area (Å²) >= 11 is 0. The van der Waals surface area contributed by atoms with Crippen molar-refractivity contribution in [3.63, 3.8) is 0 Å². The number of nitrogens with one attached hydrogen (secondary N) is 1. The fraction of sp³-hybridized carbons (Fsp3) is 0.292. The van der Waals surface area contributed by atoms with Gasteiger partial charge in [0.25, 0.3) is 11.8 Å². The summed E-state index contributed by atoms with van der Waals surface area (Å²) in [7, 11) is 3.60. The molecule has 2 amide bonds. The van der Waals surface area contributed by atoms with Gasteiger partial charge in [0.1, 0.15) is 11.6 Å². The molecule has 0 saturated carbocycles. The Bertz CT molecular complexity index is 1100. The van der Waals surface area contributed by atoms with Gasteiger partial charge in [-0.25, -0.2) is 4.39 Å². The van der Waals surface area contributed by atoms with Crippen LogP contribution < -0.4 is 5.32 Å². The number of carbonyl (C=O) groups is 2. The molecule has 1 aromatic heterocycles. The molecule has 0 spiro atoms. The normalized spacial score (nSPS) is 14.3. The van der Waals surface area contributed by atoms with E-state index >= 15 is 0 Å². The minimum atomic E-state index is -0.366. The lowest BCUT2D eigenvalue weighted by Crippen LogP contribution is -2.47. The minimum Gasteiger partial charge on any atom is -0.340 e. The number of nitrogens with zero attached hydrogens (tertiary/aromatic N) is 4. The van der Waals surface area contributed by atoms with Gasteiger partial charge in [0.2, 0.25) is 0 Å². The van der Waals surface area contributed by atoms with Crippen molar-refractivity contribution in [2.24, 2.45) is 7.05 Å². The van der Waals surface area contributed by atoms with Crippen LogP contribution in [-0.4, -0.2) is 57.6 Å². The average Bonchev–Trinajstić information content (AvgIpc) is 3.23. The first kappa shape index (κ1) is 21.5. The molecule has 0 unspecified atom stereocenters. The van der Waals surface area contributed by atoms with Crippen LogP contribution in [0, 0.1) is 5.82 Å². The van der Waals surface area contributed by atoms with Gasteiger partial charge in [-0.2, -0.15) is 5.10 Å². The highest BCUT2D eigenvalue weighted by molar-refractivity contribution is 6.00. The summed E-state index contributed by atoms with van der Waals surface area (Å²) in [6.07, 6.45) is 3.07. The van der Waals surface area contributed by atoms with Crippen LogP contribution in [0.3, 0.4) is 0 Å². The molecule has 2 heterocycles. The van der Waals surface area contributed by atoms with Crippen LogP contribution in [0.15, 0.2) is 60.8 Å². The van der Waals surface area contributed by atoms with Crippen LogP contribution >= 0.6 is 0 Å². The highest BCUT2D eigenvalue weighted by Crippen LogP contribution is 2.24. The number of hydrogen-bond donors (Lipinski definition) is 1. The van der Waals surface area contributed by atoms with Gasteiger partial charge < -0.3 is 15.1 Å². The van der Waals surface area contributed by atoms with Crippen LogP contribution in [-0.2, 0) is 7.05 Å². The smallest absolute Gasteiger partial charge is 0.255 e. The Morgan fingerprint density at radius 3 is 2.41 bits per heavy atom. The van der Waals surface area contributed by atoms with Crippen molar-refractivity contribution in [1.29, 1.82) is 0 Å². The summed E-state index contributed by atoms with van der Waals surface area (Å²) in [6, 6.07) is 14.9. The molecule has 0 aliphatic carbocycles. The Kier molecular flexibility index (Phi) is 6.20. The van der Waals surface area contributed by atoms with Gasteiger partial charge in [0, 0.05) is 44.9 Å². The van der Waals surface area contributed by atoms with Gasteiger partial charge >= 0.3 is 0 Å². The highest BCUT2D eigenvalue weighted by atomic mass is 19.1. The first-order valence-electron chi connectivity index (χ1n) is 10.6. The zero-order valence-electron chi connectivity index (χ0n) is 18.2. The fourth-order valence-electron chi connectivity index (χ4n) is 4.00. The third kappa shape index (κ3) is 4.49.